The molecule has 1 aromatic carbocycles. The van der Waals surface area contributed by atoms with Gasteiger partial charge in [-0.3, -0.25) is 0 Å². The molecular formula is C14H13ClN2O3. The molecule has 0 saturated heterocycles. The Morgan fingerprint density at radius 3 is 2.65 bits per heavy atom. The van der Waals surface area contributed by atoms with Crippen molar-refractivity contribution in [2.45, 2.75) is 20.0 Å². The van der Waals surface area contributed by atoms with Gasteiger partial charge in [-0.05, 0) is 24.1 Å². The molecule has 0 aliphatic rings. The fraction of sp³-hybridized carbons (Fsp3) is 0.214. The Hall–Kier alpha value is -2.14. The zero-order chi connectivity index (χ0) is 14.5. The molecule has 0 saturated carbocycles. The maximum Gasteiger partial charge on any atom is 0.356 e. The molecule has 0 atom stereocenters. The second-order valence-electron chi connectivity index (χ2n) is 4.07. The predicted molar refractivity (Wildman–Crippen MR) is 74.2 cm³/mol. The Labute approximate surface area is 121 Å². The molecular weight excluding hydrogens is 280 g/mol. The lowest BCUT2D eigenvalue weighted by atomic mass is 10.2. The molecule has 1 heterocycles. The average molecular weight is 293 g/mol. The monoisotopic (exact) mass is 292 g/mol. The van der Waals surface area contributed by atoms with E-state index in [1.807, 2.05) is 24.3 Å². The van der Waals surface area contributed by atoms with E-state index in [0.717, 1.165) is 6.42 Å². The number of hydrogen-bond donors (Lipinski definition) is 1. The van der Waals surface area contributed by atoms with Crippen LogP contribution in [-0.4, -0.2) is 21.0 Å². The minimum atomic E-state index is -1.19. The van der Waals surface area contributed by atoms with Crippen LogP contribution in [-0.2, 0) is 13.0 Å². The van der Waals surface area contributed by atoms with Gasteiger partial charge in [0.2, 0.25) is 0 Å². The third-order valence-corrected chi connectivity index (χ3v) is 2.97. The Morgan fingerprint density at radius 1 is 1.35 bits per heavy atom. The van der Waals surface area contributed by atoms with Crippen LogP contribution in [0.1, 0.15) is 28.8 Å². The van der Waals surface area contributed by atoms with Crippen molar-refractivity contribution in [2.24, 2.45) is 0 Å². The number of hydrogen-bond acceptors (Lipinski definition) is 4. The van der Waals surface area contributed by atoms with Crippen molar-refractivity contribution in [3.8, 4) is 5.75 Å². The number of aromatic nitrogens is 2. The van der Waals surface area contributed by atoms with Crippen molar-refractivity contribution in [1.29, 1.82) is 0 Å². The molecule has 0 bridgehead atoms. The van der Waals surface area contributed by atoms with E-state index in [2.05, 4.69) is 16.9 Å². The number of carbonyl (C=O) groups is 1. The van der Waals surface area contributed by atoms with Crippen LogP contribution in [0, 0.1) is 0 Å². The molecule has 1 N–H and O–H groups in total. The van der Waals surface area contributed by atoms with Gasteiger partial charge in [0.25, 0.3) is 0 Å². The highest BCUT2D eigenvalue weighted by Gasteiger charge is 2.12. The van der Waals surface area contributed by atoms with E-state index in [4.69, 9.17) is 21.4 Å². The molecule has 0 amide bonds. The van der Waals surface area contributed by atoms with Crippen molar-refractivity contribution < 1.29 is 14.6 Å². The zero-order valence-corrected chi connectivity index (χ0v) is 11.6. The highest BCUT2D eigenvalue weighted by Crippen LogP contribution is 2.15. The summed E-state index contributed by atoms with van der Waals surface area (Å²) in [4.78, 5) is 18.7. The summed E-state index contributed by atoms with van der Waals surface area (Å²) in [6, 6.07) is 7.65. The molecule has 0 aliphatic carbocycles. The average Bonchev–Trinajstić information content (AvgIpc) is 2.46. The van der Waals surface area contributed by atoms with Crippen molar-refractivity contribution in [3.63, 3.8) is 0 Å². The summed E-state index contributed by atoms with van der Waals surface area (Å²) >= 11 is 5.70. The number of aryl methyl sites for hydroxylation is 1. The molecule has 0 radical (unpaired) electrons. The highest BCUT2D eigenvalue weighted by molar-refractivity contribution is 6.33. The SMILES string of the molecule is CCc1ccc(OCc2ncc(Cl)c(C(=O)O)n2)cc1. The van der Waals surface area contributed by atoms with Crippen molar-refractivity contribution in [3.05, 3.63) is 52.6 Å². The molecule has 0 aliphatic heterocycles. The highest BCUT2D eigenvalue weighted by atomic mass is 35.5. The molecule has 0 fully saturated rings. The summed E-state index contributed by atoms with van der Waals surface area (Å²) in [5, 5.41) is 8.93. The van der Waals surface area contributed by atoms with Crippen LogP contribution in [0.4, 0.5) is 0 Å². The van der Waals surface area contributed by atoms with Crippen molar-refractivity contribution in [2.75, 3.05) is 0 Å². The van der Waals surface area contributed by atoms with Gasteiger partial charge in [-0.1, -0.05) is 30.7 Å². The van der Waals surface area contributed by atoms with Gasteiger partial charge in [0.1, 0.15) is 12.4 Å². The zero-order valence-electron chi connectivity index (χ0n) is 10.8. The van der Waals surface area contributed by atoms with Crippen LogP contribution >= 0.6 is 11.6 Å². The lowest BCUT2D eigenvalue weighted by Gasteiger charge is -2.06. The first-order valence-electron chi connectivity index (χ1n) is 6.06. The van der Waals surface area contributed by atoms with Crippen molar-refractivity contribution >= 4 is 17.6 Å². The van der Waals surface area contributed by atoms with E-state index in [1.54, 1.807) is 0 Å². The van der Waals surface area contributed by atoms with E-state index in [-0.39, 0.29) is 23.1 Å². The Bertz CT molecular complexity index is 614. The third kappa shape index (κ3) is 3.45. The fourth-order valence-electron chi connectivity index (χ4n) is 1.59. The second-order valence-corrected chi connectivity index (χ2v) is 4.48. The van der Waals surface area contributed by atoms with Gasteiger partial charge in [0.15, 0.2) is 11.5 Å². The summed E-state index contributed by atoms with van der Waals surface area (Å²) in [6.07, 6.45) is 2.22. The van der Waals surface area contributed by atoms with Gasteiger partial charge in [-0.15, -0.1) is 0 Å². The first kappa shape index (κ1) is 14.3. The van der Waals surface area contributed by atoms with Gasteiger partial charge in [0, 0.05) is 0 Å². The molecule has 6 heteroatoms. The summed E-state index contributed by atoms with van der Waals surface area (Å²) in [6.45, 7) is 2.16. The first-order valence-corrected chi connectivity index (χ1v) is 6.44. The van der Waals surface area contributed by atoms with Gasteiger partial charge < -0.3 is 9.84 Å². The molecule has 0 spiro atoms. The van der Waals surface area contributed by atoms with Crippen LogP contribution in [0.5, 0.6) is 5.75 Å². The Morgan fingerprint density at radius 2 is 2.05 bits per heavy atom. The topological polar surface area (TPSA) is 72.3 Å². The molecule has 2 rings (SSSR count). The van der Waals surface area contributed by atoms with Gasteiger partial charge in [-0.25, -0.2) is 14.8 Å². The quantitative estimate of drug-likeness (QED) is 0.917. The minimum absolute atomic E-state index is 0.00792. The number of benzene rings is 1. The normalized spacial score (nSPS) is 10.3. The number of carboxylic acids is 1. The number of nitrogens with zero attached hydrogens (tertiary/aromatic N) is 2. The number of aromatic carboxylic acids is 1. The Kier molecular flexibility index (Phi) is 4.53. The second kappa shape index (κ2) is 6.34. The van der Waals surface area contributed by atoms with E-state index in [0.29, 0.717) is 5.75 Å². The summed E-state index contributed by atoms with van der Waals surface area (Å²) in [5.74, 6) is -0.241. The minimum Gasteiger partial charge on any atom is -0.486 e. The molecule has 1 aromatic heterocycles. The molecule has 5 nitrogen and oxygen atoms in total. The molecule has 104 valence electrons. The van der Waals surface area contributed by atoms with Crippen LogP contribution in [0.25, 0.3) is 0 Å². The lowest BCUT2D eigenvalue weighted by Crippen LogP contribution is -2.08. The van der Waals surface area contributed by atoms with E-state index in [1.165, 1.54) is 11.8 Å². The summed E-state index contributed by atoms with van der Waals surface area (Å²) in [7, 11) is 0. The molecule has 20 heavy (non-hydrogen) atoms. The maximum absolute atomic E-state index is 10.9. The third-order valence-electron chi connectivity index (χ3n) is 2.70. The molecule has 2 aromatic rings. The van der Waals surface area contributed by atoms with Crippen LogP contribution in [0.3, 0.4) is 0 Å². The number of ether oxygens (including phenoxy) is 1. The standard InChI is InChI=1S/C14H13ClN2O3/c1-2-9-3-5-10(6-4-9)20-8-12-16-7-11(15)13(17-12)14(18)19/h3-7H,2,8H2,1H3,(H,18,19). The maximum atomic E-state index is 10.9. The van der Waals surface area contributed by atoms with Gasteiger partial charge >= 0.3 is 5.97 Å². The van der Waals surface area contributed by atoms with E-state index < -0.39 is 5.97 Å². The van der Waals surface area contributed by atoms with Gasteiger partial charge in [-0.2, -0.15) is 0 Å². The first-order chi connectivity index (χ1) is 9.60. The molecule has 0 unspecified atom stereocenters. The van der Waals surface area contributed by atoms with Crippen LogP contribution in [0.15, 0.2) is 30.5 Å². The van der Waals surface area contributed by atoms with E-state index in [9.17, 15) is 4.79 Å². The summed E-state index contributed by atoms with van der Waals surface area (Å²) < 4.78 is 5.51. The van der Waals surface area contributed by atoms with E-state index >= 15 is 0 Å². The smallest absolute Gasteiger partial charge is 0.356 e. The Balaban J connectivity index is 2.06. The predicted octanol–water partition coefficient (Wildman–Crippen LogP) is 2.97. The lowest BCUT2D eigenvalue weighted by molar-refractivity contribution is 0.0689. The number of rotatable bonds is 5. The van der Waals surface area contributed by atoms with Crippen LogP contribution in [0.2, 0.25) is 5.02 Å². The van der Waals surface area contributed by atoms with Crippen LogP contribution < -0.4 is 4.74 Å². The fourth-order valence-corrected chi connectivity index (χ4v) is 1.76. The largest absolute Gasteiger partial charge is 0.486 e. The number of halogens is 1. The summed E-state index contributed by atoms with van der Waals surface area (Å²) in [5.41, 5.74) is 0.995. The van der Waals surface area contributed by atoms with Gasteiger partial charge in [0.05, 0.1) is 11.2 Å². The van der Waals surface area contributed by atoms with Crippen molar-refractivity contribution in [1.82, 2.24) is 9.97 Å². The number of carboxylic acid groups (broad SMARTS) is 1.